The van der Waals surface area contributed by atoms with Gasteiger partial charge in [-0.25, -0.2) is 4.98 Å². The van der Waals surface area contributed by atoms with Crippen LogP contribution in [0.15, 0.2) is 6.33 Å². The lowest BCUT2D eigenvalue weighted by molar-refractivity contribution is -0.142. The molecule has 2 rings (SSSR count). The van der Waals surface area contributed by atoms with Crippen molar-refractivity contribution in [2.45, 2.75) is 26.7 Å². The predicted octanol–water partition coefficient (Wildman–Crippen LogP) is 1.54. The second-order valence-electron chi connectivity index (χ2n) is 4.41. The van der Waals surface area contributed by atoms with Crippen molar-refractivity contribution in [3.05, 3.63) is 6.33 Å². The fourth-order valence-corrected chi connectivity index (χ4v) is 1.79. The van der Waals surface area contributed by atoms with Crippen LogP contribution < -0.4 is 10.6 Å². The molecule has 2 aromatic heterocycles. The maximum atomic E-state index is 11.3. The highest BCUT2D eigenvalue weighted by atomic mass is 16.5. The molecule has 0 saturated carbocycles. The molecule has 8 heteroatoms. The number of anilines is 2. The van der Waals surface area contributed by atoms with Gasteiger partial charge in [-0.05, 0) is 13.3 Å². The van der Waals surface area contributed by atoms with E-state index in [1.807, 2.05) is 0 Å². The first-order chi connectivity index (χ1) is 10.2. The summed E-state index contributed by atoms with van der Waals surface area (Å²) in [5, 5.41) is 6.25. The molecule has 8 nitrogen and oxygen atoms in total. The van der Waals surface area contributed by atoms with E-state index in [4.69, 9.17) is 4.74 Å². The maximum Gasteiger partial charge on any atom is 0.307 e. The Morgan fingerprint density at radius 1 is 1.29 bits per heavy atom. The summed E-state index contributed by atoms with van der Waals surface area (Å²) in [5.41, 5.74) is 1.31. The van der Waals surface area contributed by atoms with Crippen LogP contribution in [0.1, 0.15) is 26.7 Å². The predicted molar refractivity (Wildman–Crippen MR) is 80.2 cm³/mol. The topological polar surface area (TPSA) is 105 Å². The zero-order valence-corrected chi connectivity index (χ0v) is 12.3. The maximum absolute atomic E-state index is 11.3. The molecule has 0 amide bonds. The third-order valence-corrected chi connectivity index (χ3v) is 2.75. The number of imidazole rings is 1. The number of nitrogens with zero attached hydrogens (tertiary/aromatic N) is 3. The van der Waals surface area contributed by atoms with Crippen LogP contribution in [0, 0.1) is 0 Å². The van der Waals surface area contributed by atoms with Gasteiger partial charge in [-0.1, -0.05) is 6.92 Å². The number of aromatic nitrogens is 4. The summed E-state index contributed by atoms with van der Waals surface area (Å²) in [6.07, 6.45) is 2.83. The number of fused-ring (bicyclic) bond motifs is 1. The number of aromatic amines is 1. The molecular formula is C13H20N6O2. The lowest BCUT2D eigenvalue weighted by Crippen LogP contribution is -2.13. The van der Waals surface area contributed by atoms with Crippen molar-refractivity contribution < 1.29 is 9.53 Å². The van der Waals surface area contributed by atoms with Crippen LogP contribution in [0.4, 0.5) is 11.8 Å². The highest BCUT2D eigenvalue weighted by molar-refractivity contribution is 5.83. The van der Waals surface area contributed by atoms with Gasteiger partial charge in [0, 0.05) is 13.1 Å². The van der Waals surface area contributed by atoms with Gasteiger partial charge in [-0.15, -0.1) is 0 Å². The summed E-state index contributed by atoms with van der Waals surface area (Å²) in [7, 11) is 0. The van der Waals surface area contributed by atoms with E-state index in [1.54, 1.807) is 13.3 Å². The van der Waals surface area contributed by atoms with Crippen molar-refractivity contribution in [1.82, 2.24) is 19.9 Å². The number of ether oxygens (including phenoxy) is 1. The Morgan fingerprint density at radius 2 is 2.14 bits per heavy atom. The fourth-order valence-electron chi connectivity index (χ4n) is 1.79. The van der Waals surface area contributed by atoms with Crippen LogP contribution in [-0.2, 0) is 9.53 Å². The zero-order chi connectivity index (χ0) is 15.1. The normalized spacial score (nSPS) is 10.6. The smallest absolute Gasteiger partial charge is 0.307 e. The van der Waals surface area contributed by atoms with Crippen LogP contribution in [0.2, 0.25) is 0 Å². The molecule has 114 valence electrons. The summed E-state index contributed by atoms with van der Waals surface area (Å²) in [6, 6.07) is 0. The number of H-pyrrole nitrogens is 1. The van der Waals surface area contributed by atoms with Gasteiger partial charge in [0.15, 0.2) is 11.5 Å². The Bertz CT molecular complexity index is 597. The van der Waals surface area contributed by atoms with Gasteiger partial charge in [0.1, 0.15) is 5.52 Å². The van der Waals surface area contributed by atoms with E-state index in [9.17, 15) is 4.79 Å². The number of nitrogens with one attached hydrogen (secondary N) is 3. The van der Waals surface area contributed by atoms with Crippen molar-refractivity contribution in [2.24, 2.45) is 0 Å². The van der Waals surface area contributed by atoms with Crippen molar-refractivity contribution in [2.75, 3.05) is 30.3 Å². The Hall–Kier alpha value is -2.38. The molecule has 0 unspecified atom stereocenters. The Labute approximate surface area is 122 Å². The van der Waals surface area contributed by atoms with Gasteiger partial charge < -0.3 is 20.4 Å². The Morgan fingerprint density at radius 3 is 2.90 bits per heavy atom. The summed E-state index contributed by atoms with van der Waals surface area (Å²) in [6.45, 7) is 5.48. The molecule has 0 aliphatic carbocycles. The average Bonchev–Trinajstić information content (AvgIpc) is 2.94. The number of hydrogen-bond donors (Lipinski definition) is 3. The lowest BCUT2D eigenvalue weighted by Gasteiger charge is -2.09. The zero-order valence-electron chi connectivity index (χ0n) is 12.3. The molecule has 21 heavy (non-hydrogen) atoms. The molecule has 0 aromatic carbocycles. The minimum atomic E-state index is -0.232. The van der Waals surface area contributed by atoms with Crippen molar-refractivity contribution in [3.63, 3.8) is 0 Å². The molecule has 0 fully saturated rings. The second-order valence-corrected chi connectivity index (χ2v) is 4.41. The molecule has 0 radical (unpaired) electrons. The van der Waals surface area contributed by atoms with E-state index in [2.05, 4.69) is 37.5 Å². The number of rotatable bonds is 8. The van der Waals surface area contributed by atoms with Gasteiger partial charge in [-0.3, -0.25) is 4.79 Å². The summed E-state index contributed by atoms with van der Waals surface area (Å²) < 4.78 is 4.88. The number of hydrogen-bond acceptors (Lipinski definition) is 7. The molecule has 0 aliphatic rings. The van der Waals surface area contributed by atoms with E-state index in [-0.39, 0.29) is 12.4 Å². The Balaban J connectivity index is 2.06. The van der Waals surface area contributed by atoms with E-state index >= 15 is 0 Å². The molecule has 0 bridgehead atoms. The van der Waals surface area contributed by atoms with Crippen LogP contribution >= 0.6 is 0 Å². The largest absolute Gasteiger partial charge is 0.466 e. The first kappa shape index (κ1) is 15.0. The van der Waals surface area contributed by atoms with Gasteiger partial charge in [0.05, 0.1) is 19.4 Å². The quantitative estimate of drug-likeness (QED) is 0.634. The molecule has 2 aromatic rings. The summed E-state index contributed by atoms with van der Waals surface area (Å²) in [4.78, 5) is 27.2. The van der Waals surface area contributed by atoms with Crippen molar-refractivity contribution in [3.8, 4) is 0 Å². The third kappa shape index (κ3) is 4.04. The third-order valence-electron chi connectivity index (χ3n) is 2.75. The molecule has 2 heterocycles. The first-order valence-electron chi connectivity index (χ1n) is 7.09. The number of carbonyl (C=O) groups excluding carboxylic acids is 1. The summed E-state index contributed by atoms with van der Waals surface area (Å²) >= 11 is 0. The molecule has 0 spiro atoms. The average molecular weight is 292 g/mol. The minimum Gasteiger partial charge on any atom is -0.466 e. The fraction of sp³-hybridized carbons (Fsp3) is 0.538. The second kappa shape index (κ2) is 7.41. The van der Waals surface area contributed by atoms with Gasteiger partial charge in [-0.2, -0.15) is 9.97 Å². The first-order valence-corrected chi connectivity index (χ1v) is 7.09. The van der Waals surface area contributed by atoms with E-state index in [1.165, 1.54) is 0 Å². The Kier molecular flexibility index (Phi) is 5.30. The molecule has 0 atom stereocenters. The van der Waals surface area contributed by atoms with Crippen LogP contribution in [0.25, 0.3) is 11.2 Å². The monoisotopic (exact) mass is 292 g/mol. The van der Waals surface area contributed by atoms with E-state index < -0.39 is 0 Å². The van der Waals surface area contributed by atoms with Crippen LogP contribution in [0.5, 0.6) is 0 Å². The highest BCUT2D eigenvalue weighted by Gasteiger charge is 2.10. The number of carbonyl (C=O) groups is 1. The van der Waals surface area contributed by atoms with Crippen LogP contribution in [0.3, 0.4) is 0 Å². The lowest BCUT2D eigenvalue weighted by atomic mass is 10.4. The minimum absolute atomic E-state index is 0.232. The van der Waals surface area contributed by atoms with Crippen molar-refractivity contribution in [1.29, 1.82) is 0 Å². The summed E-state index contributed by atoms with van der Waals surface area (Å²) in [5.74, 6) is 0.916. The van der Waals surface area contributed by atoms with Gasteiger partial charge in [0.2, 0.25) is 5.95 Å². The van der Waals surface area contributed by atoms with Crippen LogP contribution in [-0.4, -0.2) is 45.6 Å². The standard InChI is InChI=1S/C13H20N6O2/c1-3-6-15-13-18-11(10-12(19-13)17-8-16-10)14-7-5-9(20)21-4-2/h8H,3-7H2,1-2H3,(H3,14,15,16,17,18,19). The molecule has 0 saturated heterocycles. The van der Waals surface area contributed by atoms with E-state index in [0.29, 0.717) is 30.6 Å². The van der Waals surface area contributed by atoms with Gasteiger partial charge in [0.25, 0.3) is 0 Å². The van der Waals surface area contributed by atoms with E-state index in [0.717, 1.165) is 18.5 Å². The molecule has 0 aliphatic heterocycles. The SMILES string of the molecule is CCCNc1nc(NCCC(=O)OCC)c2[nH]cnc2n1. The highest BCUT2D eigenvalue weighted by Crippen LogP contribution is 2.18. The molecular weight excluding hydrogens is 272 g/mol. The van der Waals surface area contributed by atoms with Crippen molar-refractivity contribution >= 4 is 28.9 Å². The van der Waals surface area contributed by atoms with Gasteiger partial charge >= 0.3 is 5.97 Å². The molecule has 3 N–H and O–H groups in total. The number of esters is 1.